The molecule has 0 spiro atoms. The zero-order chi connectivity index (χ0) is 0. The molecule has 0 amide bonds. The molecule has 0 saturated carbocycles. The molecule has 0 rings (SSSR count). The van der Waals surface area contributed by atoms with E-state index in [0.29, 0.717) is 0 Å². The summed E-state index contributed by atoms with van der Waals surface area (Å²) in [6, 6.07) is 0. The Bertz CT molecular complexity index is 14.4. The number of rotatable bonds is 0. The van der Waals surface area contributed by atoms with E-state index in [0.717, 1.165) is 0 Å². The third-order valence-electron chi connectivity index (χ3n) is 0. The standard InChI is InChI=1S/7O.2Pt.2Rh/q7*-2;2*+4;2*+3. The van der Waals surface area contributed by atoms with Gasteiger partial charge in [0.05, 0.1) is 0 Å². The molecule has 0 aromatic carbocycles. The predicted molar refractivity (Wildman–Crippen MR) is 4.81 cm³/mol. The molecule has 0 bridgehead atoms. The molecular weight excluding hydrogens is 708 g/mol. The van der Waals surface area contributed by atoms with Crippen molar-refractivity contribution >= 4 is 0 Å². The first-order valence-electron chi connectivity index (χ1n) is 0. The molecule has 0 radical (unpaired) electrons. The van der Waals surface area contributed by atoms with E-state index in [1.54, 1.807) is 0 Å². The van der Waals surface area contributed by atoms with Crippen molar-refractivity contribution in [1.82, 2.24) is 0 Å². The summed E-state index contributed by atoms with van der Waals surface area (Å²) in [5.74, 6) is 0. The van der Waals surface area contributed by atoms with Gasteiger partial charge in [0.2, 0.25) is 0 Å². The SMILES string of the molecule is [O-2].[O-2].[O-2].[O-2].[O-2].[O-2].[O-2].[Pt+4].[Pt+4].[Rh+3].[Rh+3]. The van der Waals surface area contributed by atoms with E-state index in [1.807, 2.05) is 0 Å². The van der Waals surface area contributed by atoms with Crippen LogP contribution in [0.25, 0.3) is 0 Å². The van der Waals surface area contributed by atoms with Crippen LogP contribution in [0, 0.1) is 0 Å². The van der Waals surface area contributed by atoms with Crippen molar-refractivity contribution in [1.29, 1.82) is 0 Å². The molecule has 7 nitrogen and oxygen atoms in total. The summed E-state index contributed by atoms with van der Waals surface area (Å²) in [5.41, 5.74) is 0. The molecule has 0 saturated heterocycles. The molecule has 0 N–H and O–H groups in total. The number of hydrogen-bond donors (Lipinski definition) is 0. The molecule has 0 unspecified atom stereocenters. The van der Waals surface area contributed by atoms with Crippen LogP contribution in [0.15, 0.2) is 0 Å². The molecule has 0 aliphatic heterocycles. The Morgan fingerprint density at radius 2 is 0.273 bits per heavy atom. The first-order valence-corrected chi connectivity index (χ1v) is 0. The van der Waals surface area contributed by atoms with E-state index < -0.39 is 0 Å². The van der Waals surface area contributed by atoms with Crippen LogP contribution in [-0.2, 0) is 119 Å². The summed E-state index contributed by atoms with van der Waals surface area (Å²) in [7, 11) is 0. The van der Waals surface area contributed by atoms with Gasteiger partial charge < -0.3 is 38.3 Å². The molecule has 11 heteroatoms. The minimum Gasteiger partial charge on any atom is -2.00 e. The summed E-state index contributed by atoms with van der Waals surface area (Å²) in [4.78, 5) is 0. The van der Waals surface area contributed by atoms with Gasteiger partial charge in [0, 0.05) is 0 Å². The van der Waals surface area contributed by atoms with Crippen LogP contribution in [0.5, 0.6) is 0 Å². The fourth-order valence-electron chi connectivity index (χ4n) is 0. The van der Waals surface area contributed by atoms with Crippen molar-refractivity contribution in [2.75, 3.05) is 0 Å². The maximum Gasteiger partial charge on any atom is 4.00 e. The summed E-state index contributed by atoms with van der Waals surface area (Å²) in [6.07, 6.45) is 0. The quantitative estimate of drug-likeness (QED) is 0.283. The minimum atomic E-state index is 0. The molecule has 0 aromatic heterocycles. The van der Waals surface area contributed by atoms with Crippen LogP contribution in [0.4, 0.5) is 0 Å². The molecule has 0 fully saturated rings. The average molecular weight is 708 g/mol. The normalized spacial score (nSPS) is 0. The first-order chi connectivity index (χ1) is 0. The van der Waals surface area contributed by atoms with Gasteiger partial charge in [-0.2, -0.15) is 0 Å². The largest absolute Gasteiger partial charge is 4.00 e. The summed E-state index contributed by atoms with van der Waals surface area (Å²) in [6.45, 7) is 0. The van der Waals surface area contributed by atoms with Gasteiger partial charge in [0.25, 0.3) is 0 Å². The fraction of sp³-hybridized carbons (Fsp3) is 0. The second kappa shape index (κ2) is 289. The van der Waals surface area contributed by atoms with Crippen molar-refractivity contribution in [2.24, 2.45) is 0 Å². The Hall–Kier alpha value is 2.34. The van der Waals surface area contributed by atoms with E-state index in [-0.39, 0.29) is 119 Å². The second-order valence-electron chi connectivity index (χ2n) is 0. The van der Waals surface area contributed by atoms with Gasteiger partial charge in [-0.1, -0.05) is 0 Å². The van der Waals surface area contributed by atoms with Crippen LogP contribution < -0.4 is 0 Å². The molecular formula is O7Pt2Rh2. The van der Waals surface area contributed by atoms with E-state index in [1.165, 1.54) is 0 Å². The van der Waals surface area contributed by atoms with Crippen molar-refractivity contribution in [3.05, 3.63) is 0 Å². The first kappa shape index (κ1) is 370. The smallest absolute Gasteiger partial charge is 2.00 e. The average Bonchev–Trinajstić information content (AvgIpc) is 0. The summed E-state index contributed by atoms with van der Waals surface area (Å²) >= 11 is 0. The Kier molecular flexibility index (Phi) is 9730. The molecule has 0 aliphatic carbocycles. The summed E-state index contributed by atoms with van der Waals surface area (Å²) < 4.78 is 0. The van der Waals surface area contributed by atoms with Crippen LogP contribution >= 0.6 is 0 Å². The van der Waals surface area contributed by atoms with Gasteiger partial charge >= 0.3 is 81.1 Å². The van der Waals surface area contributed by atoms with Gasteiger partial charge in [-0.25, -0.2) is 0 Å². The molecule has 0 atom stereocenters. The number of hydrogen-bond acceptors (Lipinski definition) is 0. The Balaban J connectivity index is 0. The maximum absolute atomic E-state index is 0. The van der Waals surface area contributed by atoms with Gasteiger partial charge in [-0.15, -0.1) is 0 Å². The maximum atomic E-state index is 0. The van der Waals surface area contributed by atoms with Crippen molar-refractivity contribution in [3.8, 4) is 0 Å². The fourth-order valence-corrected chi connectivity index (χ4v) is 0. The van der Waals surface area contributed by atoms with Gasteiger partial charge in [-0.3, -0.25) is 0 Å². The van der Waals surface area contributed by atoms with Crippen LogP contribution in [0.2, 0.25) is 0 Å². The molecule has 80 valence electrons. The van der Waals surface area contributed by atoms with Gasteiger partial charge in [0.1, 0.15) is 0 Å². The minimum absolute atomic E-state index is 0. The molecule has 11 heavy (non-hydrogen) atoms. The van der Waals surface area contributed by atoms with Crippen molar-refractivity contribution in [3.63, 3.8) is 0 Å². The monoisotopic (exact) mass is 708 g/mol. The zero-order valence-electron chi connectivity index (χ0n) is 4.16. The van der Waals surface area contributed by atoms with Crippen LogP contribution in [-0.4, -0.2) is 0 Å². The third-order valence-corrected chi connectivity index (χ3v) is 0. The van der Waals surface area contributed by atoms with E-state index in [4.69, 9.17) is 0 Å². The van der Waals surface area contributed by atoms with E-state index in [9.17, 15) is 0 Å². The molecule has 0 aromatic rings. The van der Waals surface area contributed by atoms with Crippen LogP contribution in [0.3, 0.4) is 0 Å². The van der Waals surface area contributed by atoms with Gasteiger partial charge in [-0.05, 0) is 0 Å². The third kappa shape index (κ3) is 240. The summed E-state index contributed by atoms with van der Waals surface area (Å²) in [5, 5.41) is 0. The second-order valence-corrected chi connectivity index (χ2v) is 0. The Morgan fingerprint density at radius 3 is 0.273 bits per heavy atom. The van der Waals surface area contributed by atoms with Crippen molar-refractivity contribution in [2.45, 2.75) is 0 Å². The molecule has 0 heterocycles. The molecule has 0 aliphatic rings. The Morgan fingerprint density at radius 1 is 0.273 bits per heavy atom. The Labute approximate surface area is 118 Å². The van der Waals surface area contributed by atoms with Crippen molar-refractivity contribution < 1.29 is 119 Å². The van der Waals surface area contributed by atoms with Gasteiger partial charge in [0.15, 0.2) is 0 Å². The van der Waals surface area contributed by atoms with Crippen LogP contribution in [0.1, 0.15) is 0 Å². The zero-order valence-corrected chi connectivity index (χ0v) is 12.0. The van der Waals surface area contributed by atoms with E-state index >= 15 is 0 Å². The predicted octanol–water partition coefficient (Wildman–Crippen LogP) is -0.842. The van der Waals surface area contributed by atoms with E-state index in [2.05, 4.69) is 0 Å². The topological polar surface area (TPSA) is 200 Å².